The van der Waals surface area contributed by atoms with Crippen molar-refractivity contribution < 1.29 is 4.74 Å². The second-order valence-corrected chi connectivity index (χ2v) is 4.10. The highest BCUT2D eigenvalue weighted by Crippen LogP contribution is 2.21. The highest BCUT2D eigenvalue weighted by molar-refractivity contribution is 5.32. The molecule has 0 spiro atoms. The summed E-state index contributed by atoms with van der Waals surface area (Å²) in [5, 5.41) is 0. The van der Waals surface area contributed by atoms with E-state index in [9.17, 15) is 0 Å². The molecule has 2 heterocycles. The van der Waals surface area contributed by atoms with Gasteiger partial charge in [0, 0.05) is 18.1 Å². The van der Waals surface area contributed by atoms with Crippen LogP contribution in [0.3, 0.4) is 0 Å². The number of nitrogens with zero attached hydrogens (tertiary/aromatic N) is 2. The molecule has 0 saturated heterocycles. The largest absolute Gasteiger partial charge is 0.492 e. The van der Waals surface area contributed by atoms with E-state index in [1.165, 1.54) is 0 Å². The lowest BCUT2D eigenvalue weighted by Crippen LogP contribution is -2.12. The van der Waals surface area contributed by atoms with Crippen molar-refractivity contribution in [3.63, 3.8) is 0 Å². The molecule has 0 aliphatic heterocycles. The summed E-state index contributed by atoms with van der Waals surface area (Å²) in [6, 6.07) is 5.63. The monoisotopic (exact) mass is 243 g/mol. The maximum atomic E-state index is 6.20. The highest BCUT2D eigenvalue weighted by atomic mass is 16.5. The molecule has 4 nitrogen and oxygen atoms in total. The number of aryl methyl sites for hydroxylation is 1. The smallest absolute Gasteiger partial charge is 0.137 e. The van der Waals surface area contributed by atoms with Crippen LogP contribution >= 0.6 is 0 Å². The molecule has 0 saturated carbocycles. The first-order valence-corrected chi connectivity index (χ1v) is 5.96. The minimum Gasteiger partial charge on any atom is -0.492 e. The van der Waals surface area contributed by atoms with E-state index in [-0.39, 0.29) is 6.04 Å². The number of aromatic nitrogens is 2. The van der Waals surface area contributed by atoms with Crippen LogP contribution in [0.2, 0.25) is 0 Å². The summed E-state index contributed by atoms with van der Waals surface area (Å²) in [5.74, 6) is 0.741. The van der Waals surface area contributed by atoms with Gasteiger partial charge in [-0.1, -0.05) is 6.07 Å². The van der Waals surface area contributed by atoms with Crippen LogP contribution in [-0.2, 0) is 0 Å². The maximum absolute atomic E-state index is 6.20. The van der Waals surface area contributed by atoms with Gasteiger partial charge in [0.25, 0.3) is 0 Å². The molecule has 0 aromatic carbocycles. The first-order chi connectivity index (χ1) is 8.70. The minimum atomic E-state index is -0.231. The van der Waals surface area contributed by atoms with Crippen LogP contribution in [0.4, 0.5) is 0 Å². The number of ether oxygens (including phenoxy) is 1. The van der Waals surface area contributed by atoms with Gasteiger partial charge in [-0.25, -0.2) is 0 Å². The summed E-state index contributed by atoms with van der Waals surface area (Å²) in [7, 11) is 0. The lowest BCUT2D eigenvalue weighted by Gasteiger charge is -2.13. The molecule has 0 aliphatic carbocycles. The summed E-state index contributed by atoms with van der Waals surface area (Å²) < 4.78 is 5.42. The Morgan fingerprint density at radius 2 is 2.06 bits per heavy atom. The van der Waals surface area contributed by atoms with Gasteiger partial charge >= 0.3 is 0 Å². The summed E-state index contributed by atoms with van der Waals surface area (Å²) in [6.07, 6.45) is 5.24. The van der Waals surface area contributed by atoms with Crippen molar-refractivity contribution in [3.8, 4) is 5.75 Å². The Hall–Kier alpha value is -1.94. The number of hydrogen-bond donors (Lipinski definition) is 1. The van der Waals surface area contributed by atoms with Crippen LogP contribution in [0, 0.1) is 6.92 Å². The van der Waals surface area contributed by atoms with Crippen LogP contribution in [0.25, 0.3) is 0 Å². The summed E-state index contributed by atoms with van der Waals surface area (Å²) in [5.41, 5.74) is 9.07. The van der Waals surface area contributed by atoms with Crippen molar-refractivity contribution in [1.82, 2.24) is 9.97 Å². The van der Waals surface area contributed by atoms with Gasteiger partial charge in [-0.15, -0.1) is 0 Å². The minimum absolute atomic E-state index is 0.231. The predicted molar refractivity (Wildman–Crippen MR) is 70.4 cm³/mol. The summed E-state index contributed by atoms with van der Waals surface area (Å²) in [6.45, 7) is 4.51. The second-order valence-electron chi connectivity index (χ2n) is 4.10. The number of pyridine rings is 2. The molecule has 2 N–H and O–H groups in total. The first-order valence-electron chi connectivity index (χ1n) is 5.96. The zero-order chi connectivity index (χ0) is 13.0. The van der Waals surface area contributed by atoms with Gasteiger partial charge in [0.2, 0.25) is 0 Å². The Balaban J connectivity index is 2.24. The molecule has 0 amide bonds. The predicted octanol–water partition coefficient (Wildman–Crippen LogP) is 2.23. The highest BCUT2D eigenvalue weighted by Gasteiger charge is 2.10. The van der Waals surface area contributed by atoms with E-state index in [0.29, 0.717) is 6.61 Å². The number of nitrogens with two attached hydrogens (primary N) is 1. The van der Waals surface area contributed by atoms with Crippen molar-refractivity contribution in [1.29, 1.82) is 0 Å². The molecular weight excluding hydrogens is 226 g/mol. The lowest BCUT2D eigenvalue weighted by atomic mass is 10.0. The Bertz CT molecular complexity index is 511. The van der Waals surface area contributed by atoms with E-state index in [4.69, 9.17) is 10.5 Å². The SMILES string of the molecule is CCOc1cncc(C(N)c2ccc(C)nc2)c1. The number of rotatable bonds is 4. The molecule has 2 aromatic rings. The molecule has 1 unspecified atom stereocenters. The molecule has 94 valence electrons. The van der Waals surface area contributed by atoms with Gasteiger partial charge in [0.15, 0.2) is 0 Å². The van der Waals surface area contributed by atoms with Gasteiger partial charge in [-0.2, -0.15) is 0 Å². The van der Waals surface area contributed by atoms with Crippen LogP contribution in [0.5, 0.6) is 5.75 Å². The molecule has 4 heteroatoms. The quantitative estimate of drug-likeness (QED) is 0.894. The van der Waals surface area contributed by atoms with Crippen molar-refractivity contribution in [2.75, 3.05) is 6.61 Å². The van der Waals surface area contributed by atoms with Crippen LogP contribution in [0.1, 0.15) is 29.8 Å². The van der Waals surface area contributed by atoms with E-state index in [0.717, 1.165) is 22.6 Å². The van der Waals surface area contributed by atoms with Gasteiger partial charge in [-0.3, -0.25) is 9.97 Å². The maximum Gasteiger partial charge on any atom is 0.137 e. The summed E-state index contributed by atoms with van der Waals surface area (Å²) in [4.78, 5) is 8.39. The van der Waals surface area contributed by atoms with Crippen LogP contribution in [0.15, 0.2) is 36.8 Å². The third-order valence-electron chi connectivity index (χ3n) is 2.70. The Morgan fingerprint density at radius 1 is 1.22 bits per heavy atom. The van der Waals surface area contributed by atoms with Gasteiger partial charge in [0.05, 0.1) is 18.8 Å². The molecule has 2 aromatic heterocycles. The third kappa shape index (κ3) is 2.84. The average Bonchev–Trinajstić information content (AvgIpc) is 2.39. The standard InChI is InChI=1S/C14H17N3O/c1-3-18-13-6-12(7-16-9-13)14(15)11-5-4-10(2)17-8-11/h4-9,14H,3,15H2,1-2H3. The average molecular weight is 243 g/mol. The topological polar surface area (TPSA) is 61.0 Å². The van der Waals surface area contributed by atoms with Crippen LogP contribution < -0.4 is 10.5 Å². The molecule has 0 fully saturated rings. The first kappa shape index (κ1) is 12.5. The molecule has 0 aliphatic rings. The Kier molecular flexibility index (Phi) is 3.89. The molecule has 2 rings (SSSR count). The second kappa shape index (κ2) is 5.60. The molecular formula is C14H17N3O. The molecule has 1 atom stereocenters. The van der Waals surface area contributed by atoms with E-state index < -0.39 is 0 Å². The normalized spacial score (nSPS) is 12.2. The summed E-state index contributed by atoms with van der Waals surface area (Å²) >= 11 is 0. The number of hydrogen-bond acceptors (Lipinski definition) is 4. The zero-order valence-corrected chi connectivity index (χ0v) is 10.6. The zero-order valence-electron chi connectivity index (χ0n) is 10.6. The third-order valence-corrected chi connectivity index (χ3v) is 2.70. The lowest BCUT2D eigenvalue weighted by molar-refractivity contribution is 0.338. The Morgan fingerprint density at radius 3 is 2.72 bits per heavy atom. The van der Waals surface area contributed by atoms with Crippen molar-refractivity contribution in [3.05, 3.63) is 53.6 Å². The van der Waals surface area contributed by atoms with E-state index >= 15 is 0 Å². The fourth-order valence-electron chi connectivity index (χ4n) is 1.71. The molecule has 0 bridgehead atoms. The fraction of sp³-hybridized carbons (Fsp3) is 0.286. The van der Waals surface area contributed by atoms with Crippen molar-refractivity contribution in [2.45, 2.75) is 19.9 Å². The van der Waals surface area contributed by atoms with Gasteiger partial charge < -0.3 is 10.5 Å². The van der Waals surface area contributed by atoms with E-state index in [2.05, 4.69) is 9.97 Å². The van der Waals surface area contributed by atoms with Crippen molar-refractivity contribution in [2.24, 2.45) is 5.73 Å². The van der Waals surface area contributed by atoms with Crippen LogP contribution in [-0.4, -0.2) is 16.6 Å². The van der Waals surface area contributed by atoms with E-state index in [1.807, 2.05) is 32.0 Å². The molecule has 0 radical (unpaired) electrons. The fourth-order valence-corrected chi connectivity index (χ4v) is 1.71. The van der Waals surface area contributed by atoms with Gasteiger partial charge in [0.1, 0.15) is 5.75 Å². The van der Waals surface area contributed by atoms with Gasteiger partial charge in [-0.05, 0) is 37.1 Å². The molecule has 18 heavy (non-hydrogen) atoms. The van der Waals surface area contributed by atoms with E-state index in [1.54, 1.807) is 18.6 Å². The van der Waals surface area contributed by atoms with Crippen molar-refractivity contribution >= 4 is 0 Å². The Labute approximate surface area is 107 Å².